The minimum absolute atomic E-state index is 0.221. The molecular formula is C15H14N6OS. The number of rotatable bonds is 4. The van der Waals surface area contributed by atoms with Crippen molar-refractivity contribution in [1.82, 2.24) is 25.2 Å². The standard InChI is InChI=1S/C15H14N6OS/c1-10-18-19-20-21(10)14-5-3-4-12(8-14)17-15(22)7-6-13-9-23-11(2)16-13/h3-9H,1-2H3,(H,17,22)/b7-6-. The molecule has 0 aliphatic carbocycles. The van der Waals surface area contributed by atoms with E-state index in [4.69, 9.17) is 0 Å². The van der Waals surface area contributed by atoms with Crippen molar-refractivity contribution >= 4 is 29.0 Å². The van der Waals surface area contributed by atoms with E-state index >= 15 is 0 Å². The van der Waals surface area contributed by atoms with Gasteiger partial charge in [0.25, 0.3) is 0 Å². The van der Waals surface area contributed by atoms with Crippen molar-refractivity contribution in [1.29, 1.82) is 0 Å². The van der Waals surface area contributed by atoms with Crippen molar-refractivity contribution in [3.05, 3.63) is 52.2 Å². The highest BCUT2D eigenvalue weighted by atomic mass is 32.1. The van der Waals surface area contributed by atoms with Crippen LogP contribution in [0.2, 0.25) is 0 Å². The van der Waals surface area contributed by atoms with Crippen LogP contribution in [0.1, 0.15) is 16.5 Å². The predicted octanol–water partition coefficient (Wildman–Crippen LogP) is 2.39. The average Bonchev–Trinajstić information content (AvgIpc) is 3.14. The summed E-state index contributed by atoms with van der Waals surface area (Å²) in [4.78, 5) is 16.3. The maximum Gasteiger partial charge on any atom is 0.248 e. The number of hydrogen-bond donors (Lipinski definition) is 1. The third-order valence-electron chi connectivity index (χ3n) is 3.03. The quantitative estimate of drug-likeness (QED) is 0.744. The fourth-order valence-electron chi connectivity index (χ4n) is 1.99. The smallest absolute Gasteiger partial charge is 0.248 e. The SMILES string of the molecule is Cc1nc(/C=C\C(=O)Nc2cccc(-n3nnnc3C)c2)cs1. The molecule has 0 radical (unpaired) electrons. The molecule has 0 spiro atoms. The summed E-state index contributed by atoms with van der Waals surface area (Å²) in [6.07, 6.45) is 3.15. The summed E-state index contributed by atoms with van der Waals surface area (Å²) in [5.74, 6) is 0.452. The van der Waals surface area contributed by atoms with Crippen molar-refractivity contribution < 1.29 is 4.79 Å². The van der Waals surface area contributed by atoms with Gasteiger partial charge in [0.05, 0.1) is 16.4 Å². The number of nitrogens with zero attached hydrogens (tertiary/aromatic N) is 5. The zero-order chi connectivity index (χ0) is 16.2. The molecule has 0 atom stereocenters. The normalized spacial score (nSPS) is 11.0. The number of anilines is 1. The van der Waals surface area contributed by atoms with Gasteiger partial charge < -0.3 is 5.32 Å². The second kappa shape index (κ2) is 6.49. The molecule has 0 aliphatic rings. The third kappa shape index (κ3) is 3.67. The van der Waals surface area contributed by atoms with E-state index < -0.39 is 0 Å². The molecule has 2 aromatic heterocycles. The van der Waals surface area contributed by atoms with Crippen molar-refractivity contribution in [3.8, 4) is 5.69 Å². The number of benzene rings is 1. The molecule has 7 nitrogen and oxygen atoms in total. The summed E-state index contributed by atoms with van der Waals surface area (Å²) in [5.41, 5.74) is 2.23. The maximum atomic E-state index is 12.0. The second-order valence-electron chi connectivity index (χ2n) is 4.80. The molecule has 116 valence electrons. The van der Waals surface area contributed by atoms with Gasteiger partial charge in [0.2, 0.25) is 5.91 Å². The zero-order valence-electron chi connectivity index (χ0n) is 12.6. The summed E-state index contributed by atoms with van der Waals surface area (Å²) in [6.45, 7) is 3.73. The first-order chi connectivity index (χ1) is 11.1. The molecule has 0 bridgehead atoms. The number of carbonyl (C=O) groups excluding carboxylic acids is 1. The highest BCUT2D eigenvalue weighted by Crippen LogP contribution is 2.15. The van der Waals surface area contributed by atoms with E-state index in [0.29, 0.717) is 11.5 Å². The maximum absolute atomic E-state index is 12.0. The molecule has 0 saturated heterocycles. The van der Waals surface area contributed by atoms with Crippen LogP contribution in [0, 0.1) is 13.8 Å². The first-order valence-electron chi connectivity index (χ1n) is 6.88. The highest BCUT2D eigenvalue weighted by molar-refractivity contribution is 7.09. The van der Waals surface area contributed by atoms with Crippen molar-refractivity contribution in [2.24, 2.45) is 0 Å². The lowest BCUT2D eigenvalue weighted by Gasteiger charge is -2.06. The summed E-state index contributed by atoms with van der Waals surface area (Å²) < 4.78 is 1.60. The Morgan fingerprint density at radius 2 is 2.22 bits per heavy atom. The molecule has 3 rings (SSSR count). The highest BCUT2D eigenvalue weighted by Gasteiger charge is 2.05. The lowest BCUT2D eigenvalue weighted by molar-refractivity contribution is -0.111. The van der Waals surface area contributed by atoms with Gasteiger partial charge in [-0.1, -0.05) is 6.07 Å². The van der Waals surface area contributed by atoms with Crippen molar-refractivity contribution in [2.45, 2.75) is 13.8 Å². The monoisotopic (exact) mass is 326 g/mol. The van der Waals surface area contributed by atoms with Crippen LogP contribution < -0.4 is 5.32 Å². The Labute approximate surface area is 136 Å². The fraction of sp³-hybridized carbons (Fsp3) is 0.133. The number of amides is 1. The largest absolute Gasteiger partial charge is 0.322 e. The third-order valence-corrected chi connectivity index (χ3v) is 3.82. The molecule has 2 heterocycles. The number of aryl methyl sites for hydroxylation is 2. The first kappa shape index (κ1) is 15.0. The van der Waals surface area contributed by atoms with Crippen LogP contribution in [0.25, 0.3) is 11.8 Å². The van der Waals surface area contributed by atoms with Gasteiger partial charge in [0.1, 0.15) is 0 Å². The molecule has 1 aromatic carbocycles. The van der Waals surface area contributed by atoms with Crippen LogP contribution >= 0.6 is 11.3 Å². The lowest BCUT2D eigenvalue weighted by Crippen LogP contribution is -2.08. The van der Waals surface area contributed by atoms with Crippen LogP contribution in [-0.4, -0.2) is 31.1 Å². The van der Waals surface area contributed by atoms with Crippen LogP contribution in [0.4, 0.5) is 5.69 Å². The Balaban J connectivity index is 1.72. The second-order valence-corrected chi connectivity index (χ2v) is 5.86. The minimum atomic E-state index is -0.221. The molecule has 0 unspecified atom stereocenters. The number of tetrazole rings is 1. The van der Waals surface area contributed by atoms with Gasteiger partial charge in [0, 0.05) is 17.1 Å². The van der Waals surface area contributed by atoms with E-state index in [1.807, 2.05) is 43.5 Å². The van der Waals surface area contributed by atoms with Gasteiger partial charge in [-0.05, 0) is 48.5 Å². The Morgan fingerprint density at radius 3 is 2.91 bits per heavy atom. The Kier molecular flexibility index (Phi) is 4.24. The average molecular weight is 326 g/mol. The lowest BCUT2D eigenvalue weighted by atomic mass is 10.2. The van der Waals surface area contributed by atoms with Gasteiger partial charge >= 0.3 is 0 Å². The zero-order valence-corrected chi connectivity index (χ0v) is 13.4. The van der Waals surface area contributed by atoms with Crippen LogP contribution in [0.15, 0.2) is 35.7 Å². The number of thiazole rings is 1. The molecule has 3 aromatic rings. The number of hydrogen-bond acceptors (Lipinski definition) is 6. The van der Waals surface area contributed by atoms with Crippen LogP contribution in [0.5, 0.6) is 0 Å². The molecule has 23 heavy (non-hydrogen) atoms. The van der Waals surface area contributed by atoms with E-state index in [1.165, 1.54) is 6.08 Å². The number of aromatic nitrogens is 5. The van der Waals surface area contributed by atoms with E-state index in [0.717, 1.165) is 16.4 Å². The van der Waals surface area contributed by atoms with Gasteiger partial charge in [0.15, 0.2) is 5.82 Å². The Hall–Kier alpha value is -2.87. The molecule has 0 fully saturated rings. The Bertz CT molecular complexity index is 866. The topological polar surface area (TPSA) is 85.6 Å². The van der Waals surface area contributed by atoms with E-state index in [2.05, 4.69) is 25.8 Å². The summed E-state index contributed by atoms with van der Waals surface area (Å²) in [6, 6.07) is 7.32. The van der Waals surface area contributed by atoms with E-state index in [9.17, 15) is 4.79 Å². The molecule has 8 heteroatoms. The number of carbonyl (C=O) groups is 1. The minimum Gasteiger partial charge on any atom is -0.322 e. The van der Waals surface area contributed by atoms with E-state index in [-0.39, 0.29) is 5.91 Å². The fourth-order valence-corrected chi connectivity index (χ4v) is 2.57. The summed E-state index contributed by atoms with van der Waals surface area (Å²) in [7, 11) is 0. The van der Waals surface area contributed by atoms with Gasteiger partial charge in [-0.25, -0.2) is 4.98 Å². The predicted molar refractivity (Wildman–Crippen MR) is 88.4 cm³/mol. The number of nitrogens with one attached hydrogen (secondary N) is 1. The summed E-state index contributed by atoms with van der Waals surface area (Å²) >= 11 is 1.55. The van der Waals surface area contributed by atoms with Crippen molar-refractivity contribution in [3.63, 3.8) is 0 Å². The van der Waals surface area contributed by atoms with Crippen molar-refractivity contribution in [2.75, 3.05) is 5.32 Å². The Morgan fingerprint density at radius 1 is 1.35 bits per heavy atom. The molecule has 1 N–H and O–H groups in total. The molecule has 0 aliphatic heterocycles. The van der Waals surface area contributed by atoms with E-state index in [1.54, 1.807) is 22.1 Å². The van der Waals surface area contributed by atoms with Crippen LogP contribution in [0.3, 0.4) is 0 Å². The molecular weight excluding hydrogens is 312 g/mol. The van der Waals surface area contributed by atoms with Crippen LogP contribution in [-0.2, 0) is 4.79 Å². The van der Waals surface area contributed by atoms with Gasteiger partial charge in [-0.2, -0.15) is 4.68 Å². The summed E-state index contributed by atoms with van der Waals surface area (Å²) in [5, 5.41) is 17.0. The molecule has 0 saturated carbocycles. The molecule has 1 amide bonds. The van der Waals surface area contributed by atoms with Gasteiger partial charge in [-0.15, -0.1) is 16.4 Å². The van der Waals surface area contributed by atoms with Gasteiger partial charge in [-0.3, -0.25) is 4.79 Å². The first-order valence-corrected chi connectivity index (χ1v) is 7.76.